The molecule has 1 aromatic heterocycles. The Balaban J connectivity index is 1.88. The first-order valence-corrected chi connectivity index (χ1v) is 6.83. The van der Waals surface area contributed by atoms with Crippen LogP contribution in [0.2, 0.25) is 0 Å². The van der Waals surface area contributed by atoms with Crippen LogP contribution in [-0.2, 0) is 13.1 Å². The topological polar surface area (TPSA) is 70.9 Å². The summed E-state index contributed by atoms with van der Waals surface area (Å²) in [6, 6.07) is 5.89. The van der Waals surface area contributed by atoms with Gasteiger partial charge in [-0.15, -0.1) is 0 Å². The molecule has 0 saturated heterocycles. The van der Waals surface area contributed by atoms with E-state index >= 15 is 0 Å². The van der Waals surface area contributed by atoms with Crippen LogP contribution in [0, 0.1) is 5.41 Å². The van der Waals surface area contributed by atoms with Gasteiger partial charge in [-0.05, 0) is 34.1 Å². The molecular weight excluding hydrogens is 306 g/mol. The first kappa shape index (κ1) is 12.2. The van der Waals surface area contributed by atoms with Gasteiger partial charge in [0, 0.05) is 41.2 Å². The van der Waals surface area contributed by atoms with Gasteiger partial charge >= 0.3 is 0 Å². The zero-order chi connectivity index (χ0) is 13.4. The number of halogens is 1. The zero-order valence-electron chi connectivity index (χ0n) is 10.3. The van der Waals surface area contributed by atoms with E-state index < -0.39 is 0 Å². The van der Waals surface area contributed by atoms with E-state index in [1.807, 2.05) is 30.6 Å². The lowest BCUT2D eigenvalue weighted by atomic mass is 10.1. The van der Waals surface area contributed by atoms with Crippen LogP contribution in [0.15, 0.2) is 35.1 Å². The SMILES string of the molecule is N=C(N)c1ccc(N2CCn3ccnc3C2)cc1Br. The molecule has 1 aliphatic heterocycles. The minimum atomic E-state index is 0.0765. The van der Waals surface area contributed by atoms with Gasteiger partial charge in [-0.1, -0.05) is 0 Å². The van der Waals surface area contributed by atoms with Crippen molar-refractivity contribution in [1.29, 1.82) is 5.41 Å². The van der Waals surface area contributed by atoms with E-state index in [-0.39, 0.29) is 5.84 Å². The van der Waals surface area contributed by atoms with E-state index in [1.165, 1.54) is 0 Å². The summed E-state index contributed by atoms with van der Waals surface area (Å²) in [6.07, 6.45) is 3.86. The summed E-state index contributed by atoms with van der Waals surface area (Å²) in [6.45, 7) is 2.70. The number of hydrogen-bond acceptors (Lipinski definition) is 3. The van der Waals surface area contributed by atoms with Gasteiger partial charge in [0.25, 0.3) is 0 Å². The van der Waals surface area contributed by atoms with Crippen LogP contribution >= 0.6 is 15.9 Å². The second-order valence-corrected chi connectivity index (χ2v) is 5.39. The van der Waals surface area contributed by atoms with Crippen LogP contribution in [0.1, 0.15) is 11.4 Å². The second kappa shape index (κ2) is 4.70. The third kappa shape index (κ3) is 2.23. The third-order valence-electron chi connectivity index (χ3n) is 3.35. The van der Waals surface area contributed by atoms with Crippen molar-refractivity contribution in [2.24, 2.45) is 5.73 Å². The summed E-state index contributed by atoms with van der Waals surface area (Å²) in [5.74, 6) is 1.16. The number of nitrogens with zero attached hydrogens (tertiary/aromatic N) is 3. The summed E-state index contributed by atoms with van der Waals surface area (Å²) >= 11 is 3.47. The van der Waals surface area contributed by atoms with Crippen molar-refractivity contribution in [3.63, 3.8) is 0 Å². The van der Waals surface area contributed by atoms with Crippen molar-refractivity contribution >= 4 is 27.5 Å². The fourth-order valence-corrected chi connectivity index (χ4v) is 2.89. The lowest BCUT2D eigenvalue weighted by molar-refractivity contribution is 0.560. The maximum atomic E-state index is 7.49. The number of anilines is 1. The van der Waals surface area contributed by atoms with Crippen molar-refractivity contribution in [2.45, 2.75) is 13.1 Å². The zero-order valence-corrected chi connectivity index (χ0v) is 11.9. The van der Waals surface area contributed by atoms with Crippen LogP contribution in [0.3, 0.4) is 0 Å². The van der Waals surface area contributed by atoms with Crippen molar-refractivity contribution in [3.05, 3.63) is 46.5 Å². The summed E-state index contributed by atoms with van der Waals surface area (Å²) < 4.78 is 3.03. The third-order valence-corrected chi connectivity index (χ3v) is 4.01. The van der Waals surface area contributed by atoms with Crippen molar-refractivity contribution in [3.8, 4) is 0 Å². The molecule has 2 heterocycles. The van der Waals surface area contributed by atoms with Crippen LogP contribution in [-0.4, -0.2) is 21.9 Å². The Morgan fingerprint density at radius 2 is 2.21 bits per heavy atom. The van der Waals surface area contributed by atoms with Gasteiger partial charge in [-0.25, -0.2) is 4.98 Å². The summed E-state index contributed by atoms with van der Waals surface area (Å²) in [5, 5.41) is 7.49. The molecule has 3 rings (SSSR count). The highest BCUT2D eigenvalue weighted by molar-refractivity contribution is 9.10. The molecule has 0 spiro atoms. The number of hydrogen-bond donors (Lipinski definition) is 2. The van der Waals surface area contributed by atoms with E-state index in [9.17, 15) is 0 Å². The van der Waals surface area contributed by atoms with Crippen LogP contribution in [0.4, 0.5) is 5.69 Å². The number of fused-ring (bicyclic) bond motifs is 1. The van der Waals surface area contributed by atoms with Gasteiger partial charge in [-0.3, -0.25) is 5.41 Å². The Morgan fingerprint density at radius 1 is 1.37 bits per heavy atom. The molecule has 3 N–H and O–H groups in total. The molecule has 0 bridgehead atoms. The highest BCUT2D eigenvalue weighted by atomic mass is 79.9. The smallest absolute Gasteiger partial charge is 0.128 e. The van der Waals surface area contributed by atoms with Crippen LogP contribution < -0.4 is 10.6 Å². The molecule has 0 atom stereocenters. The molecule has 0 unspecified atom stereocenters. The quantitative estimate of drug-likeness (QED) is 0.656. The molecule has 0 amide bonds. The molecule has 0 radical (unpaired) electrons. The molecule has 0 saturated carbocycles. The van der Waals surface area contributed by atoms with Gasteiger partial charge < -0.3 is 15.2 Å². The summed E-state index contributed by atoms with van der Waals surface area (Å²) in [4.78, 5) is 6.63. The van der Waals surface area contributed by atoms with Crippen molar-refractivity contribution in [2.75, 3.05) is 11.4 Å². The van der Waals surface area contributed by atoms with Crippen molar-refractivity contribution in [1.82, 2.24) is 9.55 Å². The Morgan fingerprint density at radius 3 is 2.95 bits per heavy atom. The van der Waals surface area contributed by atoms with Crippen LogP contribution in [0.5, 0.6) is 0 Å². The molecule has 1 aromatic carbocycles. The molecule has 1 aliphatic rings. The number of aromatic nitrogens is 2. The first-order valence-electron chi connectivity index (χ1n) is 6.04. The Labute approximate surface area is 119 Å². The highest BCUT2D eigenvalue weighted by Crippen LogP contribution is 2.26. The standard InChI is InChI=1S/C13H14BrN5/c14-11-7-9(1-2-10(11)13(15)16)19-6-5-18-4-3-17-12(18)8-19/h1-4,7H,5-6,8H2,(H3,15,16). The Bertz CT molecular complexity index is 634. The average molecular weight is 320 g/mol. The van der Waals surface area contributed by atoms with Gasteiger partial charge in [0.1, 0.15) is 11.7 Å². The van der Waals surface area contributed by atoms with E-state index in [0.717, 1.165) is 41.2 Å². The maximum absolute atomic E-state index is 7.49. The lowest BCUT2D eigenvalue weighted by Gasteiger charge is -2.29. The fourth-order valence-electron chi connectivity index (χ4n) is 2.31. The normalized spacial score (nSPS) is 14.3. The average Bonchev–Trinajstić information content (AvgIpc) is 2.85. The minimum Gasteiger partial charge on any atom is -0.384 e. The molecular formula is C13H14BrN5. The number of nitrogens with one attached hydrogen (secondary N) is 1. The van der Waals surface area contributed by atoms with Gasteiger partial charge in [0.05, 0.1) is 6.54 Å². The van der Waals surface area contributed by atoms with E-state index in [1.54, 1.807) is 0 Å². The number of benzene rings is 1. The summed E-state index contributed by atoms with van der Waals surface area (Å²) in [7, 11) is 0. The second-order valence-electron chi connectivity index (χ2n) is 4.54. The largest absolute Gasteiger partial charge is 0.384 e. The van der Waals surface area contributed by atoms with Gasteiger partial charge in [-0.2, -0.15) is 0 Å². The molecule has 6 heteroatoms. The van der Waals surface area contributed by atoms with E-state index in [2.05, 4.69) is 30.4 Å². The number of amidine groups is 1. The molecule has 2 aromatic rings. The van der Waals surface area contributed by atoms with Gasteiger partial charge in [0.2, 0.25) is 0 Å². The first-order chi connectivity index (χ1) is 9.15. The predicted octanol–water partition coefficient (Wildman–Crippen LogP) is 1.95. The maximum Gasteiger partial charge on any atom is 0.128 e. The Kier molecular flexibility index (Phi) is 3.02. The van der Waals surface area contributed by atoms with E-state index in [0.29, 0.717) is 0 Å². The monoisotopic (exact) mass is 319 g/mol. The number of nitrogen functional groups attached to an aromatic ring is 1. The van der Waals surface area contributed by atoms with Gasteiger partial charge in [0.15, 0.2) is 0 Å². The molecule has 98 valence electrons. The summed E-state index contributed by atoms with van der Waals surface area (Å²) in [5.41, 5.74) is 7.36. The van der Waals surface area contributed by atoms with E-state index in [4.69, 9.17) is 11.1 Å². The molecule has 19 heavy (non-hydrogen) atoms. The number of rotatable bonds is 2. The molecule has 0 fully saturated rings. The fraction of sp³-hybridized carbons (Fsp3) is 0.231. The minimum absolute atomic E-state index is 0.0765. The molecule has 5 nitrogen and oxygen atoms in total. The van der Waals surface area contributed by atoms with Crippen molar-refractivity contribution < 1.29 is 0 Å². The number of nitrogens with two attached hydrogens (primary N) is 1. The predicted molar refractivity (Wildman–Crippen MR) is 78.4 cm³/mol. The number of imidazole rings is 1. The Hall–Kier alpha value is -1.82. The molecule has 0 aliphatic carbocycles. The lowest BCUT2D eigenvalue weighted by Crippen LogP contribution is -2.33. The highest BCUT2D eigenvalue weighted by Gasteiger charge is 2.17. The van der Waals surface area contributed by atoms with Crippen LogP contribution in [0.25, 0.3) is 0 Å².